The van der Waals surface area contributed by atoms with Gasteiger partial charge in [-0.1, -0.05) is 23.7 Å². The number of halogens is 6. The molecule has 2 amide bonds. The average Bonchev–Trinajstić information content (AvgIpc) is 3.24. The minimum atomic E-state index is -4.98. The van der Waals surface area contributed by atoms with Crippen LogP contribution in [0.25, 0.3) is 16.7 Å². The summed E-state index contributed by atoms with van der Waals surface area (Å²) >= 11 is 5.83. The van der Waals surface area contributed by atoms with Crippen molar-refractivity contribution in [2.75, 3.05) is 11.4 Å². The fourth-order valence-electron chi connectivity index (χ4n) is 4.52. The number of nitrogens with zero attached hydrogens (tertiary/aromatic N) is 3. The minimum Gasteiger partial charge on any atom is -0.391 e. The standard InChI is InChI=1S/C27H18ClF5N4O4/c28-14-3-1-2-13(8-14)24(27(31,32)33)35-26(41)18-12-36(20-6-4-15(29)9-19(20)30)25-17(23(18)40)5-7-21(34-25)37-11-16(38)10-22(37)39/h1-9,12,16,24,38H,10-11H2,(H,35,41). The van der Waals surface area contributed by atoms with E-state index in [4.69, 9.17) is 11.6 Å². The monoisotopic (exact) mass is 592 g/mol. The number of aliphatic hydroxyl groups excluding tert-OH is 1. The van der Waals surface area contributed by atoms with Crippen LogP contribution in [0.3, 0.4) is 0 Å². The number of alkyl halides is 3. The third-order valence-electron chi connectivity index (χ3n) is 6.42. The number of anilines is 1. The number of aromatic nitrogens is 2. The number of β-amino-alcohol motifs (C(OH)–C–C–N with tert-alkyl or cyclic N) is 1. The Balaban J connectivity index is 1.67. The third-order valence-corrected chi connectivity index (χ3v) is 6.65. The van der Waals surface area contributed by atoms with Gasteiger partial charge in [-0.15, -0.1) is 0 Å². The molecule has 2 aromatic carbocycles. The molecule has 3 heterocycles. The van der Waals surface area contributed by atoms with Crippen LogP contribution in [0.4, 0.5) is 27.8 Å². The van der Waals surface area contributed by atoms with Crippen LogP contribution in [-0.2, 0) is 4.79 Å². The van der Waals surface area contributed by atoms with Gasteiger partial charge in [0.15, 0.2) is 11.7 Å². The number of pyridine rings is 2. The molecule has 2 unspecified atom stereocenters. The molecule has 1 saturated heterocycles. The summed E-state index contributed by atoms with van der Waals surface area (Å²) in [4.78, 5) is 44.3. The van der Waals surface area contributed by atoms with E-state index in [0.717, 1.165) is 39.9 Å². The summed E-state index contributed by atoms with van der Waals surface area (Å²) in [6.07, 6.45) is -5.34. The molecule has 1 aliphatic heterocycles. The van der Waals surface area contributed by atoms with Crippen molar-refractivity contribution >= 4 is 40.3 Å². The van der Waals surface area contributed by atoms with Crippen LogP contribution >= 0.6 is 11.6 Å². The molecule has 0 bridgehead atoms. The van der Waals surface area contributed by atoms with E-state index in [-0.39, 0.29) is 40.5 Å². The Labute approximate surface area is 232 Å². The topological polar surface area (TPSA) is 105 Å². The summed E-state index contributed by atoms with van der Waals surface area (Å²) in [7, 11) is 0. The molecular weight excluding hydrogens is 575 g/mol. The van der Waals surface area contributed by atoms with E-state index < -0.39 is 58.3 Å². The second kappa shape index (κ2) is 10.6. The summed E-state index contributed by atoms with van der Waals surface area (Å²) in [5.41, 5.74) is -2.88. The first-order valence-electron chi connectivity index (χ1n) is 12.0. The number of hydrogen-bond donors (Lipinski definition) is 2. The second-order valence-corrected chi connectivity index (χ2v) is 9.68. The van der Waals surface area contributed by atoms with Crippen molar-refractivity contribution in [3.05, 3.63) is 98.8 Å². The van der Waals surface area contributed by atoms with Gasteiger partial charge in [0.05, 0.1) is 30.1 Å². The highest BCUT2D eigenvalue weighted by Crippen LogP contribution is 2.34. The molecule has 0 radical (unpaired) electrons. The number of carbonyl (C=O) groups excluding carboxylic acids is 2. The largest absolute Gasteiger partial charge is 0.412 e. The smallest absolute Gasteiger partial charge is 0.391 e. The van der Waals surface area contributed by atoms with Crippen molar-refractivity contribution in [3.8, 4) is 5.69 Å². The summed E-state index contributed by atoms with van der Waals surface area (Å²) in [6, 6.07) is 6.99. The molecular formula is C27H18ClF5N4O4. The van der Waals surface area contributed by atoms with Gasteiger partial charge in [0, 0.05) is 17.3 Å². The lowest BCUT2D eigenvalue weighted by Gasteiger charge is -2.23. The molecule has 2 N–H and O–H groups in total. The minimum absolute atomic E-state index is 0.00925. The fraction of sp³-hybridized carbons (Fsp3) is 0.185. The fourth-order valence-corrected chi connectivity index (χ4v) is 4.72. The van der Waals surface area contributed by atoms with Gasteiger partial charge in [-0.05, 0) is 42.0 Å². The van der Waals surface area contributed by atoms with Crippen molar-refractivity contribution < 1.29 is 36.6 Å². The zero-order valence-electron chi connectivity index (χ0n) is 20.6. The Morgan fingerprint density at radius 1 is 1.10 bits per heavy atom. The summed E-state index contributed by atoms with van der Waals surface area (Å²) < 4.78 is 71.4. The normalized spacial score (nSPS) is 16.3. The zero-order valence-corrected chi connectivity index (χ0v) is 21.4. The van der Waals surface area contributed by atoms with Crippen LogP contribution in [-0.4, -0.2) is 45.3 Å². The van der Waals surface area contributed by atoms with Gasteiger partial charge >= 0.3 is 6.18 Å². The van der Waals surface area contributed by atoms with Gasteiger partial charge in [-0.25, -0.2) is 13.8 Å². The highest BCUT2D eigenvalue weighted by Gasteiger charge is 2.42. The Bertz CT molecular complexity index is 1760. The number of aliphatic hydroxyl groups is 1. The SMILES string of the molecule is O=C(NC(c1cccc(Cl)c1)C(F)(F)F)c1cn(-c2ccc(F)cc2F)c2nc(N3CC(O)CC3=O)ccc2c1=O. The third kappa shape index (κ3) is 5.50. The molecule has 41 heavy (non-hydrogen) atoms. The predicted molar refractivity (Wildman–Crippen MR) is 138 cm³/mol. The van der Waals surface area contributed by atoms with Crippen molar-refractivity contribution in [1.29, 1.82) is 0 Å². The van der Waals surface area contributed by atoms with Gasteiger partial charge in [0.1, 0.15) is 23.0 Å². The molecule has 1 fully saturated rings. The van der Waals surface area contributed by atoms with E-state index in [1.54, 1.807) is 5.32 Å². The summed E-state index contributed by atoms with van der Waals surface area (Å²) in [6.45, 7) is -0.102. The van der Waals surface area contributed by atoms with E-state index in [2.05, 4.69) is 4.98 Å². The van der Waals surface area contributed by atoms with E-state index in [1.165, 1.54) is 24.3 Å². The predicted octanol–water partition coefficient (Wildman–Crippen LogP) is 4.45. The van der Waals surface area contributed by atoms with Crippen molar-refractivity contribution in [1.82, 2.24) is 14.9 Å². The molecule has 0 spiro atoms. The molecule has 0 saturated carbocycles. The Hall–Kier alpha value is -4.36. The van der Waals surface area contributed by atoms with E-state index in [1.807, 2.05) is 0 Å². The lowest BCUT2D eigenvalue weighted by atomic mass is 10.1. The number of benzene rings is 2. The number of hydrogen-bond acceptors (Lipinski definition) is 5. The van der Waals surface area contributed by atoms with Crippen molar-refractivity contribution in [2.45, 2.75) is 24.7 Å². The maximum absolute atomic E-state index is 14.9. The molecule has 4 aromatic rings. The molecule has 0 aliphatic carbocycles. The van der Waals surface area contributed by atoms with Gasteiger partial charge in [-0.2, -0.15) is 13.2 Å². The molecule has 2 atom stereocenters. The second-order valence-electron chi connectivity index (χ2n) is 9.24. The average molecular weight is 593 g/mol. The highest BCUT2D eigenvalue weighted by molar-refractivity contribution is 6.30. The van der Waals surface area contributed by atoms with Crippen LogP contribution in [0.15, 0.2) is 65.6 Å². The number of nitrogens with one attached hydrogen (secondary N) is 1. The maximum Gasteiger partial charge on any atom is 0.412 e. The van der Waals surface area contributed by atoms with E-state index in [9.17, 15) is 41.4 Å². The first-order valence-corrected chi connectivity index (χ1v) is 12.3. The number of rotatable bonds is 5. The van der Waals surface area contributed by atoms with Gasteiger partial charge in [0.25, 0.3) is 5.91 Å². The van der Waals surface area contributed by atoms with Crippen molar-refractivity contribution in [3.63, 3.8) is 0 Å². The molecule has 2 aromatic heterocycles. The number of amides is 2. The number of carbonyl (C=O) groups is 2. The van der Waals surface area contributed by atoms with Crippen LogP contribution in [0.1, 0.15) is 28.4 Å². The lowest BCUT2D eigenvalue weighted by molar-refractivity contribution is -0.155. The van der Waals surface area contributed by atoms with Crippen LogP contribution in [0, 0.1) is 11.6 Å². The number of fused-ring (bicyclic) bond motifs is 1. The first-order chi connectivity index (χ1) is 19.3. The molecule has 5 rings (SSSR count). The van der Waals surface area contributed by atoms with E-state index in [0.29, 0.717) is 6.07 Å². The summed E-state index contributed by atoms with van der Waals surface area (Å²) in [5.74, 6) is -3.98. The molecule has 212 valence electrons. The van der Waals surface area contributed by atoms with E-state index >= 15 is 0 Å². The molecule has 1 aliphatic rings. The van der Waals surface area contributed by atoms with Crippen molar-refractivity contribution in [2.24, 2.45) is 0 Å². The first kappa shape index (κ1) is 28.2. The summed E-state index contributed by atoms with van der Waals surface area (Å²) in [5, 5.41) is 11.3. The van der Waals surface area contributed by atoms with Gasteiger partial charge < -0.3 is 10.4 Å². The van der Waals surface area contributed by atoms with Crippen LogP contribution in [0.2, 0.25) is 5.02 Å². The molecule has 14 heteroatoms. The zero-order chi connectivity index (χ0) is 29.6. The Morgan fingerprint density at radius 3 is 2.49 bits per heavy atom. The van der Waals surface area contributed by atoms with Gasteiger partial charge in [-0.3, -0.25) is 23.9 Å². The maximum atomic E-state index is 14.9. The van der Waals surface area contributed by atoms with Crippen LogP contribution in [0.5, 0.6) is 0 Å². The Kier molecular flexibility index (Phi) is 7.26. The lowest BCUT2D eigenvalue weighted by Crippen LogP contribution is -2.40. The quantitative estimate of drug-likeness (QED) is 0.333. The Morgan fingerprint density at radius 2 is 1.85 bits per heavy atom. The van der Waals surface area contributed by atoms with Gasteiger partial charge in [0.2, 0.25) is 11.3 Å². The highest BCUT2D eigenvalue weighted by atomic mass is 35.5. The van der Waals surface area contributed by atoms with Crippen LogP contribution < -0.4 is 15.6 Å². The molecule has 8 nitrogen and oxygen atoms in total.